The Labute approximate surface area is 210 Å². The summed E-state index contributed by atoms with van der Waals surface area (Å²) in [4.78, 5) is 34.1. The normalized spacial score (nSPS) is 21.7. The fraction of sp³-hybridized carbons (Fsp3) is 0.429. The third-order valence-electron chi connectivity index (χ3n) is 7.36. The van der Waals surface area contributed by atoms with Gasteiger partial charge in [0.1, 0.15) is 0 Å². The summed E-state index contributed by atoms with van der Waals surface area (Å²) >= 11 is 0. The molecule has 8 heteroatoms. The van der Waals surface area contributed by atoms with Gasteiger partial charge in [-0.25, -0.2) is 0 Å². The topological polar surface area (TPSA) is 95.1 Å². The van der Waals surface area contributed by atoms with Crippen molar-refractivity contribution in [1.29, 1.82) is 0 Å². The van der Waals surface area contributed by atoms with Gasteiger partial charge in [0.15, 0.2) is 17.0 Å². The summed E-state index contributed by atoms with van der Waals surface area (Å²) < 4.78 is 11.6. The van der Waals surface area contributed by atoms with Gasteiger partial charge in [0.05, 0.1) is 25.5 Å². The van der Waals surface area contributed by atoms with Crippen LogP contribution < -0.4 is 9.47 Å². The number of nitrogens with one attached hydrogen (secondary N) is 1. The number of nitrogens with zero attached hydrogens (tertiary/aromatic N) is 2. The molecule has 3 heterocycles. The number of aromatic amines is 1. The van der Waals surface area contributed by atoms with E-state index in [4.69, 9.17) is 9.47 Å². The summed E-state index contributed by atoms with van der Waals surface area (Å²) in [5, 5.41) is 10.3. The zero-order valence-electron chi connectivity index (χ0n) is 21.2. The Bertz CT molecular complexity index is 1320. The van der Waals surface area contributed by atoms with Gasteiger partial charge in [-0.3, -0.25) is 9.59 Å². The molecule has 3 aromatic rings. The van der Waals surface area contributed by atoms with Gasteiger partial charge < -0.3 is 29.4 Å². The minimum atomic E-state index is -1.15. The number of methoxy groups -OCH3 is 1. The highest BCUT2D eigenvalue weighted by molar-refractivity contribution is 6.01. The Morgan fingerprint density at radius 3 is 2.67 bits per heavy atom. The zero-order chi connectivity index (χ0) is 25.6. The Hall–Kier alpha value is -3.52. The second-order valence-electron chi connectivity index (χ2n) is 9.97. The van der Waals surface area contributed by atoms with Crippen LogP contribution in [-0.2, 0) is 15.1 Å². The maximum Gasteiger partial charge on any atom is 0.254 e. The standard InChI is InChI=1S/C28H33N3O5/c1-17(2)36-22-11-10-18(14-23(22)35-4)20-15-31-24(33)16-30(12-7-13-32)27(34)28(31,3)26-25(20)19-8-5-6-9-21(19)29-26/h5-6,8-11,14,17,20,29,32H,7,12-13,15-16H2,1-4H3/t20?,28-/m0/s1. The van der Waals surface area contributed by atoms with E-state index < -0.39 is 5.54 Å². The maximum absolute atomic E-state index is 13.9. The van der Waals surface area contributed by atoms with E-state index in [1.54, 1.807) is 16.9 Å². The molecule has 8 nitrogen and oxygen atoms in total. The first-order valence-electron chi connectivity index (χ1n) is 12.5. The SMILES string of the molecule is COc1cc(C2CN3C(=O)CN(CCCO)C(=O)[C@]3(C)c3[nH]c4ccccc4c32)ccc1OC(C)C. The molecule has 1 aromatic heterocycles. The van der Waals surface area contributed by atoms with E-state index in [1.165, 1.54) is 0 Å². The molecule has 190 valence electrons. The Morgan fingerprint density at radius 2 is 1.94 bits per heavy atom. The number of aromatic nitrogens is 1. The van der Waals surface area contributed by atoms with Crippen molar-refractivity contribution in [3.05, 3.63) is 59.3 Å². The first-order valence-corrected chi connectivity index (χ1v) is 12.5. The molecule has 36 heavy (non-hydrogen) atoms. The fourth-order valence-electron chi connectivity index (χ4n) is 5.67. The molecule has 0 aliphatic carbocycles. The number of para-hydroxylation sites is 1. The lowest BCUT2D eigenvalue weighted by molar-refractivity contribution is -0.166. The van der Waals surface area contributed by atoms with Crippen LogP contribution in [0.5, 0.6) is 11.5 Å². The van der Waals surface area contributed by atoms with E-state index in [0.717, 1.165) is 27.7 Å². The van der Waals surface area contributed by atoms with Crippen molar-refractivity contribution in [3.63, 3.8) is 0 Å². The predicted octanol–water partition coefficient (Wildman–Crippen LogP) is 3.38. The summed E-state index contributed by atoms with van der Waals surface area (Å²) in [5.74, 6) is 0.912. The molecule has 2 aliphatic rings. The minimum Gasteiger partial charge on any atom is -0.493 e. The first kappa shape index (κ1) is 24.2. The highest BCUT2D eigenvalue weighted by atomic mass is 16.5. The largest absolute Gasteiger partial charge is 0.493 e. The molecule has 0 spiro atoms. The van der Waals surface area contributed by atoms with Crippen LogP contribution >= 0.6 is 0 Å². The highest BCUT2D eigenvalue weighted by Crippen LogP contribution is 2.49. The number of H-pyrrole nitrogens is 1. The number of hydrogen-bond donors (Lipinski definition) is 2. The number of ether oxygens (including phenoxy) is 2. The summed E-state index contributed by atoms with van der Waals surface area (Å²) in [6.45, 7) is 6.47. The molecular weight excluding hydrogens is 458 g/mol. The number of amides is 2. The van der Waals surface area contributed by atoms with Gasteiger partial charge in [-0.05, 0) is 56.5 Å². The molecule has 0 bridgehead atoms. The fourth-order valence-corrected chi connectivity index (χ4v) is 5.67. The van der Waals surface area contributed by atoms with Crippen molar-refractivity contribution < 1.29 is 24.2 Å². The molecule has 2 N–H and O–H groups in total. The number of carbonyl (C=O) groups excluding carboxylic acids is 2. The zero-order valence-corrected chi connectivity index (χ0v) is 21.2. The predicted molar refractivity (Wildman–Crippen MR) is 136 cm³/mol. The van der Waals surface area contributed by atoms with Crippen molar-refractivity contribution in [2.24, 2.45) is 0 Å². The van der Waals surface area contributed by atoms with Gasteiger partial charge in [-0.2, -0.15) is 0 Å². The molecular formula is C28H33N3O5. The minimum absolute atomic E-state index is 0.00567. The monoisotopic (exact) mass is 491 g/mol. The highest BCUT2D eigenvalue weighted by Gasteiger charge is 2.56. The van der Waals surface area contributed by atoms with Crippen molar-refractivity contribution in [1.82, 2.24) is 14.8 Å². The van der Waals surface area contributed by atoms with Crippen LogP contribution in [0, 0.1) is 0 Å². The number of carbonyl (C=O) groups is 2. The van der Waals surface area contributed by atoms with Gasteiger partial charge in [0.25, 0.3) is 5.91 Å². The number of aliphatic hydroxyl groups excluding tert-OH is 1. The molecule has 2 aliphatic heterocycles. The average molecular weight is 492 g/mol. The number of aliphatic hydroxyl groups is 1. The first-order chi connectivity index (χ1) is 17.3. The van der Waals surface area contributed by atoms with Gasteiger partial charge >= 0.3 is 0 Å². The van der Waals surface area contributed by atoms with E-state index in [9.17, 15) is 14.7 Å². The lowest BCUT2D eigenvalue weighted by Crippen LogP contribution is -2.67. The second kappa shape index (κ2) is 9.17. The van der Waals surface area contributed by atoms with Crippen LogP contribution in [0.25, 0.3) is 10.9 Å². The quantitative estimate of drug-likeness (QED) is 0.528. The molecule has 2 atom stereocenters. The number of hydrogen-bond acceptors (Lipinski definition) is 5. The van der Waals surface area contributed by atoms with Crippen LogP contribution in [0.3, 0.4) is 0 Å². The van der Waals surface area contributed by atoms with Gasteiger partial charge in [-0.1, -0.05) is 24.3 Å². The van der Waals surface area contributed by atoms with Crippen LogP contribution in [0.4, 0.5) is 0 Å². The lowest BCUT2D eigenvalue weighted by atomic mass is 9.76. The van der Waals surface area contributed by atoms with Crippen LogP contribution in [-0.4, -0.2) is 71.2 Å². The van der Waals surface area contributed by atoms with E-state index in [2.05, 4.69) is 11.1 Å². The van der Waals surface area contributed by atoms with Crippen LogP contribution in [0.2, 0.25) is 0 Å². The molecule has 2 amide bonds. The van der Waals surface area contributed by atoms with Crippen LogP contribution in [0.1, 0.15) is 49.9 Å². The number of benzene rings is 2. The van der Waals surface area contributed by atoms with E-state index in [0.29, 0.717) is 31.0 Å². The molecule has 2 aromatic carbocycles. The van der Waals surface area contributed by atoms with Crippen molar-refractivity contribution in [2.45, 2.75) is 44.8 Å². The maximum atomic E-state index is 13.9. The Balaban J connectivity index is 1.67. The average Bonchev–Trinajstić information content (AvgIpc) is 3.26. The van der Waals surface area contributed by atoms with E-state index in [1.807, 2.05) is 57.2 Å². The lowest BCUT2D eigenvalue weighted by Gasteiger charge is -2.51. The van der Waals surface area contributed by atoms with Gasteiger partial charge in [0, 0.05) is 36.5 Å². The van der Waals surface area contributed by atoms with Gasteiger partial charge in [0.2, 0.25) is 5.91 Å². The molecule has 5 rings (SSSR count). The summed E-state index contributed by atoms with van der Waals surface area (Å²) in [7, 11) is 1.62. The number of fused-ring (bicyclic) bond motifs is 5. The van der Waals surface area contributed by atoms with Crippen LogP contribution in [0.15, 0.2) is 42.5 Å². The second-order valence-corrected chi connectivity index (χ2v) is 9.97. The summed E-state index contributed by atoms with van der Waals surface area (Å²) in [5.41, 5.74) is 2.53. The number of rotatable bonds is 7. The number of piperazine rings is 1. The molecule has 1 saturated heterocycles. The van der Waals surface area contributed by atoms with Crippen molar-refractivity contribution >= 4 is 22.7 Å². The van der Waals surface area contributed by atoms with Gasteiger partial charge in [-0.15, -0.1) is 0 Å². The third kappa shape index (κ3) is 3.71. The molecule has 0 radical (unpaired) electrons. The third-order valence-corrected chi connectivity index (χ3v) is 7.36. The van der Waals surface area contributed by atoms with E-state index >= 15 is 0 Å². The molecule has 1 unspecified atom stereocenters. The smallest absolute Gasteiger partial charge is 0.254 e. The molecule has 1 fully saturated rings. The summed E-state index contributed by atoms with van der Waals surface area (Å²) in [6.07, 6.45) is 0.438. The Morgan fingerprint density at radius 1 is 1.17 bits per heavy atom. The van der Waals surface area contributed by atoms with Crippen molar-refractivity contribution in [3.8, 4) is 11.5 Å². The Kier molecular flexibility index (Phi) is 6.16. The summed E-state index contributed by atoms with van der Waals surface area (Å²) in [6, 6.07) is 13.9. The molecule has 0 saturated carbocycles. The van der Waals surface area contributed by atoms with Crippen molar-refractivity contribution in [2.75, 3.05) is 33.4 Å². The van der Waals surface area contributed by atoms with E-state index in [-0.39, 0.29) is 37.0 Å².